The van der Waals surface area contributed by atoms with Gasteiger partial charge in [-0.2, -0.15) is 0 Å². The first-order chi connectivity index (χ1) is 14.3. The number of nitrogens with two attached hydrogens (primary N) is 1. The van der Waals surface area contributed by atoms with E-state index in [2.05, 4.69) is 17.4 Å². The summed E-state index contributed by atoms with van der Waals surface area (Å²) in [6, 6.07) is 9.93. The third kappa shape index (κ3) is 8.74. The van der Waals surface area contributed by atoms with Crippen LogP contribution in [-0.4, -0.2) is 41.1 Å². The summed E-state index contributed by atoms with van der Waals surface area (Å²) in [5.74, 6) is 0.0471. The molecule has 1 aliphatic carbocycles. The summed E-state index contributed by atoms with van der Waals surface area (Å²) >= 11 is 0. The van der Waals surface area contributed by atoms with Gasteiger partial charge in [0.15, 0.2) is 0 Å². The molecule has 3 N–H and O–H groups in total. The first-order valence-corrected chi connectivity index (χ1v) is 11.3. The molecule has 1 atom stereocenters. The average Bonchev–Trinajstić information content (AvgIpc) is 2.71. The fourth-order valence-corrected chi connectivity index (χ4v) is 3.89. The number of carbonyl (C=O) groups is 2. The Hall–Kier alpha value is -2.08. The third-order valence-corrected chi connectivity index (χ3v) is 5.42. The Morgan fingerprint density at radius 1 is 1.13 bits per heavy atom. The van der Waals surface area contributed by atoms with Crippen molar-refractivity contribution in [3.63, 3.8) is 0 Å². The van der Waals surface area contributed by atoms with Crippen LogP contribution >= 0.6 is 0 Å². The molecular weight excluding hydrogens is 378 g/mol. The van der Waals surface area contributed by atoms with E-state index in [1.807, 2.05) is 43.9 Å². The summed E-state index contributed by atoms with van der Waals surface area (Å²) < 4.78 is 5.22. The van der Waals surface area contributed by atoms with Crippen molar-refractivity contribution in [3.05, 3.63) is 35.9 Å². The molecule has 1 saturated carbocycles. The largest absolute Gasteiger partial charge is 0.444 e. The van der Waals surface area contributed by atoms with E-state index < -0.39 is 17.7 Å². The Kier molecular flexibility index (Phi) is 9.63. The maximum atomic E-state index is 13.2. The number of nitrogens with one attached hydrogen (secondary N) is 1. The number of hydrogen-bond acceptors (Lipinski definition) is 4. The predicted octanol–water partition coefficient (Wildman–Crippen LogP) is 4.37. The maximum absolute atomic E-state index is 13.2. The summed E-state index contributed by atoms with van der Waals surface area (Å²) in [6.45, 7) is 6.66. The first kappa shape index (κ1) is 24.2. The van der Waals surface area contributed by atoms with Crippen LogP contribution in [0.15, 0.2) is 30.3 Å². The van der Waals surface area contributed by atoms with E-state index in [0.29, 0.717) is 19.5 Å². The lowest BCUT2D eigenvalue weighted by Gasteiger charge is -2.36. The lowest BCUT2D eigenvalue weighted by Crippen LogP contribution is -2.48. The Morgan fingerprint density at radius 3 is 2.43 bits per heavy atom. The quantitative estimate of drug-likeness (QED) is 0.584. The van der Waals surface area contributed by atoms with Crippen LogP contribution in [-0.2, 0) is 16.1 Å². The highest BCUT2D eigenvalue weighted by atomic mass is 16.6. The van der Waals surface area contributed by atoms with Crippen molar-refractivity contribution in [3.8, 4) is 0 Å². The number of nitrogens with zero attached hydrogens (tertiary/aromatic N) is 1. The Bertz CT molecular complexity index is 651. The van der Waals surface area contributed by atoms with E-state index in [1.54, 1.807) is 0 Å². The van der Waals surface area contributed by atoms with Crippen LogP contribution in [0.3, 0.4) is 0 Å². The molecule has 0 bridgehead atoms. The van der Waals surface area contributed by atoms with Crippen LogP contribution in [0.2, 0.25) is 0 Å². The van der Waals surface area contributed by atoms with Crippen molar-refractivity contribution < 1.29 is 14.3 Å². The highest BCUT2D eigenvalue weighted by molar-refractivity contribution is 5.82. The predicted molar refractivity (Wildman–Crippen MR) is 120 cm³/mol. The minimum absolute atomic E-state index is 0.0471. The van der Waals surface area contributed by atoms with Crippen LogP contribution in [0.25, 0.3) is 0 Å². The number of carbonyl (C=O) groups excluding carboxylic acids is 2. The number of unbranched alkanes of at least 4 members (excludes halogenated alkanes) is 1. The van der Waals surface area contributed by atoms with Crippen LogP contribution in [0.5, 0.6) is 0 Å². The number of hydrogen-bond donors (Lipinski definition) is 2. The van der Waals surface area contributed by atoms with Crippen LogP contribution in [0.4, 0.5) is 4.79 Å². The minimum atomic E-state index is -0.503. The molecular formula is C24H39N3O3. The Labute approximate surface area is 181 Å². The molecule has 0 heterocycles. The van der Waals surface area contributed by atoms with Gasteiger partial charge in [0, 0.05) is 19.1 Å². The molecule has 2 amide bonds. The van der Waals surface area contributed by atoms with Gasteiger partial charge in [0.2, 0.25) is 5.91 Å². The van der Waals surface area contributed by atoms with Gasteiger partial charge >= 0.3 is 6.09 Å². The lowest BCUT2D eigenvalue weighted by atomic mass is 9.93. The van der Waals surface area contributed by atoms with E-state index in [1.165, 1.54) is 19.3 Å². The van der Waals surface area contributed by atoms with Crippen molar-refractivity contribution >= 4 is 12.0 Å². The summed E-state index contributed by atoms with van der Waals surface area (Å²) in [6.07, 6.45) is 7.48. The SMILES string of the molecule is CC(C)(C)OC(=O)NCCCC[C@H](N)C(=O)N(Cc1ccccc1)C1CCCCC1. The zero-order valence-corrected chi connectivity index (χ0v) is 18.9. The van der Waals surface area contributed by atoms with Crippen LogP contribution in [0.1, 0.15) is 77.7 Å². The molecule has 6 nitrogen and oxygen atoms in total. The zero-order valence-electron chi connectivity index (χ0n) is 18.9. The number of alkyl carbamates (subject to hydrolysis) is 1. The fraction of sp³-hybridized carbons (Fsp3) is 0.667. The molecule has 0 radical (unpaired) electrons. The molecule has 30 heavy (non-hydrogen) atoms. The van der Waals surface area contributed by atoms with Gasteiger partial charge in [-0.1, -0.05) is 49.6 Å². The van der Waals surface area contributed by atoms with E-state index >= 15 is 0 Å². The molecule has 0 aromatic heterocycles. The van der Waals surface area contributed by atoms with Gasteiger partial charge < -0.3 is 20.7 Å². The van der Waals surface area contributed by atoms with Gasteiger partial charge in [-0.3, -0.25) is 4.79 Å². The third-order valence-electron chi connectivity index (χ3n) is 5.42. The minimum Gasteiger partial charge on any atom is -0.444 e. The second-order valence-electron chi connectivity index (χ2n) is 9.27. The first-order valence-electron chi connectivity index (χ1n) is 11.3. The molecule has 2 rings (SSSR count). The van der Waals surface area contributed by atoms with Gasteiger partial charge in [0.25, 0.3) is 0 Å². The van der Waals surface area contributed by atoms with Gasteiger partial charge in [0.05, 0.1) is 6.04 Å². The monoisotopic (exact) mass is 417 g/mol. The molecule has 0 aliphatic heterocycles. The molecule has 1 aromatic carbocycles. The summed E-state index contributed by atoms with van der Waals surface area (Å²) in [5, 5.41) is 2.75. The van der Waals surface area contributed by atoms with Crippen molar-refractivity contribution in [2.75, 3.05) is 6.54 Å². The molecule has 168 valence electrons. The second kappa shape index (κ2) is 11.9. The Balaban J connectivity index is 1.81. The van der Waals surface area contributed by atoms with Gasteiger partial charge in [0.1, 0.15) is 5.60 Å². The highest BCUT2D eigenvalue weighted by Crippen LogP contribution is 2.25. The molecule has 1 aliphatic rings. The van der Waals surface area contributed by atoms with Gasteiger partial charge in [-0.25, -0.2) is 4.79 Å². The number of ether oxygens (including phenoxy) is 1. The zero-order chi connectivity index (χ0) is 22.0. The van der Waals surface area contributed by atoms with Crippen LogP contribution in [0, 0.1) is 0 Å². The van der Waals surface area contributed by atoms with Gasteiger partial charge in [-0.15, -0.1) is 0 Å². The van der Waals surface area contributed by atoms with Crippen LogP contribution < -0.4 is 11.1 Å². The molecule has 0 spiro atoms. The number of benzene rings is 1. The fourth-order valence-electron chi connectivity index (χ4n) is 3.89. The number of rotatable bonds is 9. The highest BCUT2D eigenvalue weighted by Gasteiger charge is 2.28. The van der Waals surface area contributed by atoms with E-state index in [4.69, 9.17) is 10.5 Å². The topological polar surface area (TPSA) is 84.7 Å². The summed E-state index contributed by atoms with van der Waals surface area (Å²) in [4.78, 5) is 26.9. The van der Waals surface area contributed by atoms with E-state index in [9.17, 15) is 9.59 Å². The van der Waals surface area contributed by atoms with E-state index in [0.717, 1.165) is 31.2 Å². The molecule has 0 unspecified atom stereocenters. The smallest absolute Gasteiger partial charge is 0.407 e. The van der Waals surface area contributed by atoms with Crippen molar-refractivity contribution in [1.29, 1.82) is 0 Å². The normalized spacial score (nSPS) is 16.0. The standard InChI is InChI=1S/C24H39N3O3/c1-24(2,3)30-23(29)26-17-11-10-16-21(25)22(28)27(20-14-8-5-9-15-20)18-19-12-6-4-7-13-19/h4,6-7,12-13,20-21H,5,8-11,14-18,25H2,1-3H3,(H,26,29)/t21-/m0/s1. The summed E-state index contributed by atoms with van der Waals surface area (Å²) in [5.41, 5.74) is 6.94. The molecule has 6 heteroatoms. The number of amides is 2. The molecule has 1 fully saturated rings. The maximum Gasteiger partial charge on any atom is 0.407 e. The average molecular weight is 418 g/mol. The van der Waals surface area contributed by atoms with Crippen molar-refractivity contribution in [2.45, 2.75) is 96.4 Å². The van der Waals surface area contributed by atoms with Crippen molar-refractivity contribution in [2.24, 2.45) is 5.73 Å². The van der Waals surface area contributed by atoms with E-state index in [-0.39, 0.29) is 11.9 Å². The lowest BCUT2D eigenvalue weighted by molar-refractivity contribution is -0.136. The van der Waals surface area contributed by atoms with Crippen molar-refractivity contribution in [1.82, 2.24) is 10.2 Å². The molecule has 1 aromatic rings. The second-order valence-corrected chi connectivity index (χ2v) is 9.27. The molecule has 0 saturated heterocycles. The van der Waals surface area contributed by atoms with Gasteiger partial charge in [-0.05, 0) is 58.4 Å². The summed E-state index contributed by atoms with van der Waals surface area (Å²) in [7, 11) is 0. The Morgan fingerprint density at radius 2 is 1.80 bits per heavy atom.